The van der Waals surface area contributed by atoms with Crippen LogP contribution in [0.4, 0.5) is 0 Å². The number of esters is 2. The van der Waals surface area contributed by atoms with Gasteiger partial charge in [-0.05, 0) is 20.8 Å². The summed E-state index contributed by atoms with van der Waals surface area (Å²) in [6.45, 7) is 6.05. The van der Waals surface area contributed by atoms with E-state index in [2.05, 4.69) is 4.74 Å². The normalized spacial score (nSPS) is 12.8. The summed E-state index contributed by atoms with van der Waals surface area (Å²) in [5.74, 6) is -2.85. The largest absolute Gasteiger partial charge is 0.478 e. The Labute approximate surface area is 93.5 Å². The molecule has 0 heterocycles. The van der Waals surface area contributed by atoms with Crippen LogP contribution < -0.4 is 0 Å². The van der Waals surface area contributed by atoms with E-state index in [1.54, 1.807) is 20.8 Å². The highest BCUT2D eigenvalue weighted by Gasteiger charge is 2.27. The van der Waals surface area contributed by atoms with Gasteiger partial charge in [0.25, 0.3) is 0 Å². The molecule has 0 aromatic rings. The Morgan fingerprint density at radius 3 is 2.06 bits per heavy atom. The lowest BCUT2D eigenvalue weighted by Crippen LogP contribution is -2.32. The SMILES string of the molecule is CC(=O)O[C@@H](CC(=O)OC(C)(C)C)C(=O)O. The predicted molar refractivity (Wildman–Crippen MR) is 53.7 cm³/mol. The van der Waals surface area contributed by atoms with Crippen molar-refractivity contribution in [2.75, 3.05) is 0 Å². The molecule has 0 aromatic heterocycles. The van der Waals surface area contributed by atoms with E-state index in [9.17, 15) is 14.4 Å². The maximum absolute atomic E-state index is 11.3. The smallest absolute Gasteiger partial charge is 0.345 e. The van der Waals surface area contributed by atoms with Gasteiger partial charge in [0, 0.05) is 6.92 Å². The maximum Gasteiger partial charge on any atom is 0.345 e. The molecular weight excluding hydrogens is 216 g/mol. The Balaban J connectivity index is 4.35. The summed E-state index contributed by atoms with van der Waals surface area (Å²) in [6.07, 6.45) is -1.99. The first-order chi connectivity index (χ1) is 7.11. The fourth-order valence-corrected chi connectivity index (χ4v) is 0.914. The third-order valence-electron chi connectivity index (χ3n) is 1.36. The van der Waals surface area contributed by atoms with Crippen LogP contribution in [0.25, 0.3) is 0 Å². The fraction of sp³-hybridized carbons (Fsp3) is 0.700. The maximum atomic E-state index is 11.3. The standard InChI is InChI=1S/C10H16O6/c1-6(11)15-7(9(13)14)5-8(12)16-10(2,3)4/h7H,5H2,1-4H3,(H,13,14)/t7-/m0/s1. The van der Waals surface area contributed by atoms with Crippen LogP contribution in [0.5, 0.6) is 0 Å². The van der Waals surface area contributed by atoms with Gasteiger partial charge in [0.2, 0.25) is 6.10 Å². The zero-order valence-electron chi connectivity index (χ0n) is 9.77. The zero-order chi connectivity index (χ0) is 12.9. The molecule has 0 spiro atoms. The number of carbonyl (C=O) groups is 3. The second kappa shape index (κ2) is 5.48. The first kappa shape index (κ1) is 14.4. The van der Waals surface area contributed by atoms with Gasteiger partial charge in [-0.3, -0.25) is 9.59 Å². The number of hydrogen-bond acceptors (Lipinski definition) is 5. The van der Waals surface area contributed by atoms with E-state index >= 15 is 0 Å². The van der Waals surface area contributed by atoms with Crippen LogP contribution >= 0.6 is 0 Å². The number of rotatable bonds is 4. The van der Waals surface area contributed by atoms with Crippen molar-refractivity contribution in [3.8, 4) is 0 Å². The molecule has 0 unspecified atom stereocenters. The van der Waals surface area contributed by atoms with Gasteiger partial charge >= 0.3 is 17.9 Å². The summed E-state index contributed by atoms with van der Waals surface area (Å²) in [7, 11) is 0. The van der Waals surface area contributed by atoms with E-state index in [0.717, 1.165) is 6.92 Å². The van der Waals surface area contributed by atoms with E-state index in [1.807, 2.05) is 0 Å². The second-order valence-corrected chi connectivity index (χ2v) is 4.23. The average Bonchev–Trinajstić information content (AvgIpc) is 1.97. The molecule has 6 heteroatoms. The van der Waals surface area contributed by atoms with Crippen molar-refractivity contribution >= 4 is 17.9 Å². The first-order valence-corrected chi connectivity index (χ1v) is 4.73. The lowest BCUT2D eigenvalue weighted by molar-refractivity contribution is -0.170. The van der Waals surface area contributed by atoms with E-state index < -0.39 is 36.0 Å². The number of ether oxygens (including phenoxy) is 2. The van der Waals surface area contributed by atoms with Crippen molar-refractivity contribution in [1.29, 1.82) is 0 Å². The Kier molecular flexibility index (Phi) is 4.94. The molecular formula is C10H16O6. The van der Waals surface area contributed by atoms with E-state index in [-0.39, 0.29) is 0 Å². The molecule has 0 aromatic carbocycles. The quantitative estimate of drug-likeness (QED) is 0.719. The van der Waals surface area contributed by atoms with Crippen molar-refractivity contribution in [2.24, 2.45) is 0 Å². The van der Waals surface area contributed by atoms with Gasteiger partial charge in [0.1, 0.15) is 5.60 Å². The molecule has 1 N–H and O–H groups in total. The Hall–Kier alpha value is -1.59. The summed E-state index contributed by atoms with van der Waals surface area (Å²) >= 11 is 0. The summed E-state index contributed by atoms with van der Waals surface area (Å²) < 4.78 is 9.36. The van der Waals surface area contributed by atoms with Crippen molar-refractivity contribution in [2.45, 2.75) is 45.8 Å². The molecule has 92 valence electrons. The van der Waals surface area contributed by atoms with Crippen molar-refractivity contribution in [1.82, 2.24) is 0 Å². The van der Waals surface area contributed by atoms with Crippen LogP contribution in [0.1, 0.15) is 34.1 Å². The molecule has 1 atom stereocenters. The van der Waals surface area contributed by atoms with Crippen LogP contribution in [0.2, 0.25) is 0 Å². The Morgan fingerprint density at radius 2 is 1.75 bits per heavy atom. The minimum absolute atomic E-state index is 0.494. The van der Waals surface area contributed by atoms with Crippen LogP contribution in [-0.2, 0) is 23.9 Å². The van der Waals surface area contributed by atoms with Gasteiger partial charge in [-0.2, -0.15) is 0 Å². The second-order valence-electron chi connectivity index (χ2n) is 4.23. The average molecular weight is 232 g/mol. The first-order valence-electron chi connectivity index (χ1n) is 4.73. The van der Waals surface area contributed by atoms with Gasteiger partial charge in [-0.15, -0.1) is 0 Å². The summed E-state index contributed by atoms with van der Waals surface area (Å²) in [6, 6.07) is 0. The van der Waals surface area contributed by atoms with Gasteiger partial charge in [0.15, 0.2) is 0 Å². The molecule has 0 aliphatic heterocycles. The van der Waals surface area contributed by atoms with Gasteiger partial charge in [-0.1, -0.05) is 0 Å². The molecule has 0 saturated heterocycles. The van der Waals surface area contributed by atoms with Gasteiger partial charge in [-0.25, -0.2) is 4.79 Å². The minimum atomic E-state index is -1.49. The summed E-state index contributed by atoms with van der Waals surface area (Å²) in [4.78, 5) is 32.5. The fourth-order valence-electron chi connectivity index (χ4n) is 0.914. The number of carbonyl (C=O) groups excluding carboxylic acids is 2. The Bertz CT molecular complexity index is 288. The monoisotopic (exact) mass is 232 g/mol. The number of carboxylic acid groups (broad SMARTS) is 1. The highest BCUT2D eigenvalue weighted by molar-refractivity contribution is 5.83. The lowest BCUT2D eigenvalue weighted by atomic mass is 10.2. The molecule has 0 bridgehead atoms. The topological polar surface area (TPSA) is 89.9 Å². The predicted octanol–water partition coefficient (Wildman–Crippen LogP) is 0.734. The Morgan fingerprint density at radius 1 is 1.25 bits per heavy atom. The van der Waals surface area contributed by atoms with Crippen molar-refractivity contribution < 1.29 is 29.0 Å². The minimum Gasteiger partial charge on any atom is -0.478 e. The molecule has 0 saturated carbocycles. The number of hydrogen-bond donors (Lipinski definition) is 1. The molecule has 0 amide bonds. The third kappa shape index (κ3) is 6.80. The van der Waals surface area contributed by atoms with Gasteiger partial charge < -0.3 is 14.6 Å². The molecule has 16 heavy (non-hydrogen) atoms. The molecule has 0 rings (SSSR count). The molecule has 0 radical (unpaired) electrons. The van der Waals surface area contributed by atoms with Crippen molar-refractivity contribution in [3.63, 3.8) is 0 Å². The van der Waals surface area contributed by atoms with Crippen LogP contribution in [0.3, 0.4) is 0 Å². The molecule has 6 nitrogen and oxygen atoms in total. The molecule has 0 aliphatic rings. The third-order valence-corrected chi connectivity index (χ3v) is 1.36. The molecule has 0 fully saturated rings. The van der Waals surface area contributed by atoms with Crippen LogP contribution in [-0.4, -0.2) is 34.7 Å². The zero-order valence-corrected chi connectivity index (χ0v) is 9.77. The van der Waals surface area contributed by atoms with Gasteiger partial charge in [0.05, 0.1) is 6.42 Å². The van der Waals surface area contributed by atoms with E-state index in [0.29, 0.717) is 0 Å². The van der Waals surface area contributed by atoms with E-state index in [4.69, 9.17) is 9.84 Å². The lowest BCUT2D eigenvalue weighted by Gasteiger charge is -2.20. The van der Waals surface area contributed by atoms with E-state index in [1.165, 1.54) is 0 Å². The van der Waals surface area contributed by atoms with Crippen LogP contribution in [0.15, 0.2) is 0 Å². The van der Waals surface area contributed by atoms with Crippen molar-refractivity contribution in [3.05, 3.63) is 0 Å². The summed E-state index contributed by atoms with van der Waals surface area (Å²) in [5, 5.41) is 8.68. The summed E-state index contributed by atoms with van der Waals surface area (Å²) in [5.41, 5.74) is -0.698. The molecule has 0 aliphatic carbocycles. The highest BCUT2D eigenvalue weighted by Crippen LogP contribution is 2.10. The number of aliphatic carboxylic acids is 1. The number of carboxylic acids is 1. The highest BCUT2D eigenvalue weighted by atomic mass is 16.6. The van der Waals surface area contributed by atoms with Crippen LogP contribution in [0, 0.1) is 0 Å².